The maximum absolute atomic E-state index is 11.8. The molecule has 3 aromatic rings. The number of aromatic nitrogens is 3. The summed E-state index contributed by atoms with van der Waals surface area (Å²) in [5.74, 6) is 1.24. The van der Waals surface area contributed by atoms with Crippen LogP contribution in [0.5, 0.6) is 0 Å². The summed E-state index contributed by atoms with van der Waals surface area (Å²) in [6, 6.07) is 5.94. The second-order valence-corrected chi connectivity index (χ2v) is 10.7. The first-order chi connectivity index (χ1) is 13.3. The lowest BCUT2D eigenvalue weighted by Crippen LogP contribution is -2.19. The van der Waals surface area contributed by atoms with Gasteiger partial charge in [0, 0.05) is 30.4 Å². The topological polar surface area (TPSA) is 81.2 Å². The summed E-state index contributed by atoms with van der Waals surface area (Å²) in [5.41, 5.74) is 4.03. The highest BCUT2D eigenvalue weighted by molar-refractivity contribution is 7.91. The third-order valence-corrected chi connectivity index (χ3v) is 7.85. The maximum Gasteiger partial charge on any atom is 0.177 e. The van der Waals surface area contributed by atoms with Crippen molar-refractivity contribution >= 4 is 21.2 Å². The van der Waals surface area contributed by atoms with Crippen LogP contribution in [-0.2, 0) is 22.9 Å². The van der Waals surface area contributed by atoms with E-state index in [9.17, 15) is 8.42 Å². The minimum Gasteiger partial charge on any atom is -0.355 e. The highest BCUT2D eigenvalue weighted by Crippen LogP contribution is 2.28. The average Bonchev–Trinajstić information content (AvgIpc) is 3.39. The number of rotatable bonds is 6. The SMILES string of the molecule is Cc1nn([C@@H]2CCS(=O)(=O)C2)c(C)c1CN(C)Cc1cc(-c2cccs2)on1. The normalized spacial score (nSPS) is 18.9. The molecule has 4 heterocycles. The molecule has 0 bridgehead atoms. The quantitative estimate of drug-likeness (QED) is 0.609. The smallest absolute Gasteiger partial charge is 0.177 e. The van der Waals surface area contributed by atoms with Gasteiger partial charge in [-0.15, -0.1) is 11.3 Å². The summed E-state index contributed by atoms with van der Waals surface area (Å²) in [6.45, 7) is 5.40. The van der Waals surface area contributed by atoms with E-state index in [0.717, 1.165) is 39.8 Å². The van der Waals surface area contributed by atoms with E-state index in [-0.39, 0.29) is 17.5 Å². The Labute approximate surface area is 168 Å². The lowest BCUT2D eigenvalue weighted by molar-refractivity contribution is 0.303. The number of aryl methyl sites for hydroxylation is 1. The van der Waals surface area contributed by atoms with Crippen LogP contribution in [0.1, 0.15) is 35.1 Å². The minimum absolute atomic E-state index is 0.0494. The zero-order chi connectivity index (χ0) is 19.9. The number of thiophene rings is 1. The van der Waals surface area contributed by atoms with Gasteiger partial charge in [-0.2, -0.15) is 5.10 Å². The molecular formula is C19H24N4O3S2. The van der Waals surface area contributed by atoms with Crippen molar-refractivity contribution in [1.82, 2.24) is 19.8 Å². The fraction of sp³-hybridized carbons (Fsp3) is 0.474. The van der Waals surface area contributed by atoms with Gasteiger partial charge in [-0.25, -0.2) is 8.42 Å². The summed E-state index contributed by atoms with van der Waals surface area (Å²) in [4.78, 5) is 3.24. The van der Waals surface area contributed by atoms with Crippen LogP contribution in [0.3, 0.4) is 0 Å². The molecule has 9 heteroatoms. The molecule has 7 nitrogen and oxygen atoms in total. The number of hydrogen-bond acceptors (Lipinski definition) is 7. The van der Waals surface area contributed by atoms with Gasteiger partial charge in [-0.3, -0.25) is 9.58 Å². The molecule has 0 aliphatic carbocycles. The molecule has 4 rings (SSSR count). The summed E-state index contributed by atoms with van der Waals surface area (Å²) >= 11 is 1.63. The summed E-state index contributed by atoms with van der Waals surface area (Å²) in [5, 5.41) is 10.9. The molecule has 1 atom stereocenters. The van der Waals surface area contributed by atoms with Crippen LogP contribution in [0, 0.1) is 13.8 Å². The van der Waals surface area contributed by atoms with E-state index in [1.165, 1.54) is 0 Å². The first-order valence-electron chi connectivity index (χ1n) is 9.25. The van der Waals surface area contributed by atoms with Gasteiger partial charge < -0.3 is 4.52 Å². The van der Waals surface area contributed by atoms with E-state index in [2.05, 4.69) is 15.2 Å². The highest BCUT2D eigenvalue weighted by Gasteiger charge is 2.31. The van der Waals surface area contributed by atoms with Crippen molar-refractivity contribution in [3.05, 3.63) is 46.2 Å². The zero-order valence-electron chi connectivity index (χ0n) is 16.3. The van der Waals surface area contributed by atoms with Crippen LogP contribution in [0.2, 0.25) is 0 Å². The standard InChI is InChI=1S/C19H24N4O3S2/c1-13-17(14(2)23(20-13)16-6-8-28(24,25)12-16)11-22(3)10-15-9-18(26-21-15)19-5-4-7-27-19/h4-5,7,9,16H,6,8,10-12H2,1-3H3/t16-/m1/s1. The predicted molar refractivity (Wildman–Crippen MR) is 109 cm³/mol. The molecule has 0 radical (unpaired) electrons. The molecule has 150 valence electrons. The van der Waals surface area contributed by atoms with Gasteiger partial charge in [0.25, 0.3) is 0 Å². The summed E-state index contributed by atoms with van der Waals surface area (Å²) < 4.78 is 31.0. The van der Waals surface area contributed by atoms with E-state index in [1.54, 1.807) is 11.3 Å². The Balaban J connectivity index is 1.45. The highest BCUT2D eigenvalue weighted by atomic mass is 32.2. The third kappa shape index (κ3) is 3.92. The molecule has 1 fully saturated rings. The molecule has 0 saturated carbocycles. The number of sulfone groups is 1. The van der Waals surface area contributed by atoms with E-state index < -0.39 is 9.84 Å². The minimum atomic E-state index is -2.93. The lowest BCUT2D eigenvalue weighted by Gasteiger charge is -2.16. The molecular weight excluding hydrogens is 396 g/mol. The van der Waals surface area contributed by atoms with Crippen molar-refractivity contribution < 1.29 is 12.9 Å². The molecule has 1 saturated heterocycles. The van der Waals surface area contributed by atoms with Gasteiger partial charge in [0.15, 0.2) is 15.6 Å². The number of nitrogens with zero attached hydrogens (tertiary/aromatic N) is 4. The molecule has 0 aromatic carbocycles. The van der Waals surface area contributed by atoms with Crippen LogP contribution in [0.4, 0.5) is 0 Å². The molecule has 1 aliphatic rings. The molecule has 28 heavy (non-hydrogen) atoms. The van der Waals surface area contributed by atoms with E-state index in [1.807, 2.05) is 49.2 Å². The van der Waals surface area contributed by atoms with Crippen LogP contribution in [0.25, 0.3) is 10.6 Å². The Hall–Kier alpha value is -1.97. The fourth-order valence-electron chi connectivity index (χ4n) is 3.77. The summed E-state index contributed by atoms with van der Waals surface area (Å²) in [7, 11) is -0.896. The second-order valence-electron chi connectivity index (χ2n) is 7.48. The Kier molecular flexibility index (Phi) is 5.15. The van der Waals surface area contributed by atoms with E-state index in [4.69, 9.17) is 4.52 Å². The van der Waals surface area contributed by atoms with Gasteiger partial charge in [0.2, 0.25) is 0 Å². The van der Waals surface area contributed by atoms with Crippen molar-refractivity contribution in [3.63, 3.8) is 0 Å². The van der Waals surface area contributed by atoms with Crippen molar-refractivity contribution in [1.29, 1.82) is 0 Å². The van der Waals surface area contributed by atoms with Crippen molar-refractivity contribution in [2.75, 3.05) is 18.6 Å². The van der Waals surface area contributed by atoms with Crippen molar-refractivity contribution in [2.24, 2.45) is 0 Å². The van der Waals surface area contributed by atoms with Gasteiger partial charge in [0.1, 0.15) is 0 Å². The van der Waals surface area contributed by atoms with Crippen LogP contribution in [0.15, 0.2) is 28.1 Å². The second kappa shape index (κ2) is 7.46. The molecule has 3 aromatic heterocycles. The Morgan fingerprint density at radius 2 is 2.18 bits per heavy atom. The monoisotopic (exact) mass is 420 g/mol. The van der Waals surface area contributed by atoms with Crippen LogP contribution < -0.4 is 0 Å². The third-order valence-electron chi connectivity index (χ3n) is 5.21. The van der Waals surface area contributed by atoms with E-state index in [0.29, 0.717) is 13.0 Å². The van der Waals surface area contributed by atoms with E-state index >= 15 is 0 Å². The molecule has 0 amide bonds. The number of hydrogen-bond donors (Lipinski definition) is 0. The average molecular weight is 421 g/mol. The molecule has 0 N–H and O–H groups in total. The van der Waals surface area contributed by atoms with Gasteiger partial charge in [-0.05, 0) is 38.8 Å². The maximum atomic E-state index is 11.8. The van der Waals surface area contributed by atoms with Crippen LogP contribution in [-0.4, -0.2) is 46.8 Å². The van der Waals surface area contributed by atoms with Gasteiger partial charge in [-0.1, -0.05) is 11.2 Å². The Morgan fingerprint density at radius 3 is 2.86 bits per heavy atom. The predicted octanol–water partition coefficient (Wildman–Crippen LogP) is 3.21. The van der Waals surface area contributed by atoms with Gasteiger partial charge in [0.05, 0.1) is 33.8 Å². The first kappa shape index (κ1) is 19.4. The molecule has 0 unspecified atom stereocenters. The molecule has 1 aliphatic heterocycles. The van der Waals surface area contributed by atoms with Crippen LogP contribution >= 0.6 is 11.3 Å². The lowest BCUT2D eigenvalue weighted by atomic mass is 10.1. The largest absolute Gasteiger partial charge is 0.355 e. The van der Waals surface area contributed by atoms with Crippen molar-refractivity contribution in [3.8, 4) is 10.6 Å². The first-order valence-corrected chi connectivity index (χ1v) is 12.0. The Bertz CT molecular complexity index is 1070. The zero-order valence-corrected chi connectivity index (χ0v) is 17.9. The fourth-order valence-corrected chi connectivity index (χ4v) is 6.14. The summed E-state index contributed by atoms with van der Waals surface area (Å²) in [6.07, 6.45) is 0.643. The Morgan fingerprint density at radius 1 is 1.36 bits per heavy atom. The molecule has 0 spiro atoms. The van der Waals surface area contributed by atoms with Gasteiger partial charge >= 0.3 is 0 Å². The van der Waals surface area contributed by atoms with Crippen molar-refractivity contribution in [2.45, 2.75) is 39.4 Å².